The van der Waals surface area contributed by atoms with Crippen LogP contribution in [-0.4, -0.2) is 0 Å². The van der Waals surface area contributed by atoms with Crippen LogP contribution >= 0.6 is 0 Å². The van der Waals surface area contributed by atoms with E-state index in [0.717, 1.165) is 23.7 Å². The van der Waals surface area contributed by atoms with Crippen molar-refractivity contribution in [2.24, 2.45) is 23.7 Å². The summed E-state index contributed by atoms with van der Waals surface area (Å²) in [5, 5.41) is 0. The summed E-state index contributed by atoms with van der Waals surface area (Å²) < 4.78 is 0. The van der Waals surface area contributed by atoms with Gasteiger partial charge in [-0.05, 0) is 36.5 Å². The molecule has 0 bridgehead atoms. The van der Waals surface area contributed by atoms with E-state index in [1.807, 2.05) is 0 Å². The normalized spacial score (nSPS) is 64.8. The van der Waals surface area contributed by atoms with Gasteiger partial charge in [0, 0.05) is 0 Å². The minimum Gasteiger partial charge on any atom is -0.0993 e. The maximum absolute atomic E-state index is 4.07. The van der Waals surface area contributed by atoms with Crippen molar-refractivity contribution >= 4 is 0 Å². The zero-order valence-corrected chi connectivity index (χ0v) is 4.93. The molecule has 0 aromatic heterocycles. The van der Waals surface area contributed by atoms with Crippen LogP contribution in [0.3, 0.4) is 0 Å². The third-order valence-corrected chi connectivity index (χ3v) is 3.41. The number of allylic oxidation sites excluding steroid dienone is 1. The average molecular weight is 106 g/mol. The van der Waals surface area contributed by atoms with Gasteiger partial charge in [-0.3, -0.25) is 0 Å². The van der Waals surface area contributed by atoms with Crippen molar-refractivity contribution < 1.29 is 0 Å². The van der Waals surface area contributed by atoms with Crippen LogP contribution in [0.15, 0.2) is 12.2 Å². The molecule has 0 aromatic rings. The quantitative estimate of drug-likeness (QED) is 0.413. The summed E-state index contributed by atoms with van der Waals surface area (Å²) in [7, 11) is 0. The molecule has 0 amide bonds. The summed E-state index contributed by atoms with van der Waals surface area (Å²) in [5.74, 6) is 4.33. The highest BCUT2D eigenvalue weighted by Crippen LogP contribution is 2.75. The molecular formula is C8H10. The number of hydrogen-bond acceptors (Lipinski definition) is 0. The zero-order valence-electron chi connectivity index (χ0n) is 4.93. The van der Waals surface area contributed by atoms with Crippen molar-refractivity contribution in [3.05, 3.63) is 12.2 Å². The Morgan fingerprint density at radius 3 is 2.50 bits per heavy atom. The van der Waals surface area contributed by atoms with Gasteiger partial charge in [-0.2, -0.15) is 0 Å². The Morgan fingerprint density at radius 1 is 1.38 bits per heavy atom. The van der Waals surface area contributed by atoms with Crippen molar-refractivity contribution in [1.29, 1.82) is 0 Å². The molecule has 3 aliphatic rings. The van der Waals surface area contributed by atoms with Crippen LogP contribution in [0.2, 0.25) is 0 Å². The minimum absolute atomic E-state index is 1.00. The number of fused-ring (bicyclic) bond motifs is 1. The van der Waals surface area contributed by atoms with Gasteiger partial charge in [0.1, 0.15) is 0 Å². The van der Waals surface area contributed by atoms with Gasteiger partial charge in [0.25, 0.3) is 0 Å². The van der Waals surface area contributed by atoms with Crippen LogP contribution in [-0.2, 0) is 0 Å². The molecule has 8 heavy (non-hydrogen) atoms. The van der Waals surface area contributed by atoms with E-state index in [4.69, 9.17) is 0 Å². The Morgan fingerprint density at radius 2 is 2.25 bits per heavy atom. The average Bonchev–Trinajstić information content (AvgIpc) is 2.30. The molecule has 0 N–H and O–H groups in total. The van der Waals surface area contributed by atoms with E-state index in [1.54, 1.807) is 5.57 Å². The highest BCUT2D eigenvalue weighted by atomic mass is 14.7. The largest absolute Gasteiger partial charge is 0.0993 e. The van der Waals surface area contributed by atoms with Gasteiger partial charge in [0.05, 0.1) is 0 Å². The van der Waals surface area contributed by atoms with Gasteiger partial charge in [0.2, 0.25) is 0 Å². The molecule has 0 heterocycles. The molecule has 0 nitrogen and oxygen atoms in total. The van der Waals surface area contributed by atoms with E-state index in [1.165, 1.54) is 12.8 Å². The molecule has 3 aliphatic carbocycles. The van der Waals surface area contributed by atoms with Gasteiger partial charge < -0.3 is 0 Å². The maximum atomic E-state index is 4.07. The number of hydrogen-bond donors (Lipinski definition) is 0. The molecule has 42 valence electrons. The van der Waals surface area contributed by atoms with Gasteiger partial charge in [-0.25, -0.2) is 0 Å². The predicted molar refractivity (Wildman–Crippen MR) is 32.3 cm³/mol. The van der Waals surface area contributed by atoms with E-state index in [9.17, 15) is 0 Å². The first-order chi connectivity index (χ1) is 3.89. The van der Waals surface area contributed by atoms with Crippen molar-refractivity contribution in [2.45, 2.75) is 12.8 Å². The molecule has 3 saturated carbocycles. The maximum Gasteiger partial charge on any atom is -0.0135 e. The Balaban J connectivity index is 2.10. The highest BCUT2D eigenvalue weighted by Gasteiger charge is 2.68. The third-order valence-electron chi connectivity index (χ3n) is 3.41. The smallest absolute Gasteiger partial charge is 0.0135 e. The second-order valence-corrected chi connectivity index (χ2v) is 3.53. The van der Waals surface area contributed by atoms with Crippen molar-refractivity contribution in [2.75, 3.05) is 0 Å². The Kier molecular flexibility index (Phi) is 0.367. The lowest BCUT2D eigenvalue weighted by Crippen LogP contribution is -2.18. The molecule has 0 heteroatoms. The van der Waals surface area contributed by atoms with Crippen molar-refractivity contribution in [3.63, 3.8) is 0 Å². The van der Waals surface area contributed by atoms with Crippen molar-refractivity contribution in [3.8, 4) is 0 Å². The summed E-state index contributed by atoms with van der Waals surface area (Å²) in [5.41, 5.74) is 1.60. The van der Waals surface area contributed by atoms with Gasteiger partial charge >= 0.3 is 0 Å². The topological polar surface area (TPSA) is 0 Å². The fourth-order valence-electron chi connectivity index (χ4n) is 2.97. The second-order valence-electron chi connectivity index (χ2n) is 3.53. The first kappa shape index (κ1) is 3.71. The monoisotopic (exact) mass is 106 g/mol. The van der Waals surface area contributed by atoms with Crippen LogP contribution < -0.4 is 0 Å². The third kappa shape index (κ3) is 0.180. The summed E-state index contributed by atoms with van der Waals surface area (Å²) in [6.07, 6.45) is 3.00. The first-order valence-corrected chi connectivity index (χ1v) is 3.58. The Bertz CT molecular complexity index is 165. The SMILES string of the molecule is C=C1C2CCC3C1C23. The predicted octanol–water partition coefficient (Wildman–Crippen LogP) is 1.83. The molecule has 4 unspecified atom stereocenters. The van der Waals surface area contributed by atoms with Gasteiger partial charge in [-0.1, -0.05) is 12.2 Å². The second kappa shape index (κ2) is 0.792. The fraction of sp³-hybridized carbons (Fsp3) is 0.750. The van der Waals surface area contributed by atoms with Gasteiger partial charge in [-0.15, -0.1) is 0 Å². The number of rotatable bonds is 0. The fourth-order valence-corrected chi connectivity index (χ4v) is 2.97. The van der Waals surface area contributed by atoms with E-state index in [-0.39, 0.29) is 0 Å². The molecule has 0 aromatic carbocycles. The van der Waals surface area contributed by atoms with Crippen LogP contribution in [0.1, 0.15) is 12.8 Å². The van der Waals surface area contributed by atoms with Crippen LogP contribution in [0.5, 0.6) is 0 Å². The molecule has 0 radical (unpaired) electrons. The summed E-state index contributed by atoms with van der Waals surface area (Å²) in [6.45, 7) is 4.07. The lowest BCUT2D eigenvalue weighted by molar-refractivity contribution is 0.396. The van der Waals surface area contributed by atoms with Gasteiger partial charge in [0.15, 0.2) is 0 Å². The van der Waals surface area contributed by atoms with Crippen LogP contribution in [0, 0.1) is 23.7 Å². The molecule has 4 atom stereocenters. The Hall–Kier alpha value is -0.260. The molecule has 0 spiro atoms. The minimum atomic E-state index is 1.00. The highest BCUT2D eigenvalue weighted by molar-refractivity contribution is 5.36. The van der Waals surface area contributed by atoms with E-state index < -0.39 is 0 Å². The lowest BCUT2D eigenvalue weighted by Gasteiger charge is -2.27. The van der Waals surface area contributed by atoms with Crippen LogP contribution in [0.4, 0.5) is 0 Å². The van der Waals surface area contributed by atoms with E-state index >= 15 is 0 Å². The molecule has 3 fully saturated rings. The zero-order chi connectivity index (χ0) is 5.30. The van der Waals surface area contributed by atoms with E-state index in [0.29, 0.717) is 0 Å². The lowest BCUT2D eigenvalue weighted by atomic mass is 9.78. The molecule has 0 saturated heterocycles. The summed E-state index contributed by atoms with van der Waals surface area (Å²) >= 11 is 0. The summed E-state index contributed by atoms with van der Waals surface area (Å²) in [6, 6.07) is 0. The molecule has 0 aliphatic heterocycles. The molecule has 3 rings (SSSR count). The summed E-state index contributed by atoms with van der Waals surface area (Å²) in [4.78, 5) is 0. The standard InChI is InChI=1S/C8H10/c1-4-5-2-3-6-7(4)8(5)6/h5-8H,1-3H2. The van der Waals surface area contributed by atoms with Crippen LogP contribution in [0.25, 0.3) is 0 Å². The van der Waals surface area contributed by atoms with Crippen molar-refractivity contribution in [1.82, 2.24) is 0 Å². The molecular weight excluding hydrogens is 96.1 g/mol. The van der Waals surface area contributed by atoms with E-state index in [2.05, 4.69) is 6.58 Å². The Labute approximate surface area is 49.6 Å². The first-order valence-electron chi connectivity index (χ1n) is 3.58.